The quantitative estimate of drug-likeness (QED) is 0.565. The van der Waals surface area contributed by atoms with E-state index in [9.17, 15) is 17.6 Å². The minimum Gasteiger partial charge on any atom is -0.339 e. The van der Waals surface area contributed by atoms with Crippen molar-refractivity contribution in [3.8, 4) is 11.4 Å². The van der Waals surface area contributed by atoms with Crippen molar-refractivity contribution < 1.29 is 22.1 Å². The monoisotopic (exact) mass is 484 g/mol. The number of piperidine rings is 1. The summed E-state index contributed by atoms with van der Waals surface area (Å²) in [6.07, 6.45) is 2.90. The van der Waals surface area contributed by atoms with Gasteiger partial charge in [-0.3, -0.25) is 4.79 Å². The zero-order valence-corrected chi connectivity index (χ0v) is 19.5. The first-order chi connectivity index (χ1) is 16.3. The number of carbonyl (C=O) groups excluding carboxylic acids is 1. The highest BCUT2D eigenvalue weighted by molar-refractivity contribution is 7.89. The number of nitrogens with one attached hydrogen (secondary N) is 1. The molecule has 0 bridgehead atoms. The second-order valence-corrected chi connectivity index (χ2v) is 10.8. The zero-order valence-electron chi connectivity index (χ0n) is 18.7. The van der Waals surface area contributed by atoms with Gasteiger partial charge in [0.1, 0.15) is 5.82 Å². The van der Waals surface area contributed by atoms with Gasteiger partial charge in [-0.25, -0.2) is 12.8 Å². The number of hydrogen-bond donors (Lipinski definition) is 1. The summed E-state index contributed by atoms with van der Waals surface area (Å²) in [4.78, 5) is 17.2. The van der Waals surface area contributed by atoms with E-state index in [2.05, 4.69) is 15.5 Å². The molecule has 1 saturated carbocycles. The third-order valence-corrected chi connectivity index (χ3v) is 8.30. The van der Waals surface area contributed by atoms with Gasteiger partial charge in [-0.15, -0.1) is 0 Å². The molecular weight excluding hydrogens is 459 g/mol. The Balaban J connectivity index is 1.20. The number of nitrogens with zero attached hydrogens (tertiary/aromatic N) is 3. The molecule has 2 aromatic carbocycles. The largest absolute Gasteiger partial charge is 0.339 e. The number of sulfonamides is 1. The number of aryl methyl sites for hydroxylation is 1. The highest BCUT2D eigenvalue weighted by Crippen LogP contribution is 2.39. The van der Waals surface area contributed by atoms with Crippen LogP contribution in [0.2, 0.25) is 0 Å². The van der Waals surface area contributed by atoms with Gasteiger partial charge in [0.05, 0.1) is 4.90 Å². The van der Waals surface area contributed by atoms with Crippen LogP contribution in [0.4, 0.5) is 10.1 Å². The van der Waals surface area contributed by atoms with E-state index in [1.54, 1.807) is 43.3 Å². The molecule has 2 aliphatic rings. The number of rotatable bonds is 6. The number of amides is 1. The number of anilines is 1. The van der Waals surface area contributed by atoms with E-state index in [0.29, 0.717) is 47.3 Å². The molecule has 1 N–H and O–H groups in total. The Labute approximate surface area is 197 Å². The lowest BCUT2D eigenvalue weighted by Crippen LogP contribution is -2.41. The molecule has 5 rings (SSSR count). The highest BCUT2D eigenvalue weighted by Gasteiger charge is 2.33. The topological polar surface area (TPSA) is 105 Å². The van der Waals surface area contributed by atoms with Crippen molar-refractivity contribution in [1.82, 2.24) is 14.4 Å². The molecule has 1 aliphatic heterocycles. The first-order valence-corrected chi connectivity index (χ1v) is 12.8. The summed E-state index contributed by atoms with van der Waals surface area (Å²) in [5.74, 6) is 0.487. The Morgan fingerprint density at radius 3 is 2.44 bits per heavy atom. The predicted molar refractivity (Wildman–Crippen MR) is 123 cm³/mol. The Kier molecular flexibility index (Phi) is 5.95. The van der Waals surface area contributed by atoms with Crippen LogP contribution >= 0.6 is 0 Å². The Morgan fingerprint density at radius 1 is 1.09 bits per heavy atom. The maximum absolute atomic E-state index is 13.7. The summed E-state index contributed by atoms with van der Waals surface area (Å²) >= 11 is 0. The van der Waals surface area contributed by atoms with Crippen LogP contribution in [-0.4, -0.2) is 41.9 Å². The van der Waals surface area contributed by atoms with E-state index in [-0.39, 0.29) is 35.6 Å². The van der Waals surface area contributed by atoms with Gasteiger partial charge in [0.15, 0.2) is 0 Å². The van der Waals surface area contributed by atoms with E-state index in [1.807, 2.05) is 0 Å². The molecule has 34 heavy (non-hydrogen) atoms. The fourth-order valence-corrected chi connectivity index (χ4v) is 5.52. The van der Waals surface area contributed by atoms with E-state index in [1.165, 1.54) is 10.4 Å². The number of benzene rings is 2. The summed E-state index contributed by atoms with van der Waals surface area (Å²) in [7, 11) is -3.69. The van der Waals surface area contributed by atoms with Crippen molar-refractivity contribution >= 4 is 21.6 Å². The summed E-state index contributed by atoms with van der Waals surface area (Å²) in [6.45, 7) is 2.13. The third kappa shape index (κ3) is 4.60. The fourth-order valence-electron chi connectivity index (χ4n) is 4.05. The predicted octanol–water partition coefficient (Wildman–Crippen LogP) is 4.10. The zero-order chi connectivity index (χ0) is 23.9. The van der Waals surface area contributed by atoms with Crippen molar-refractivity contribution in [2.24, 2.45) is 5.92 Å². The molecule has 0 radical (unpaired) electrons. The van der Waals surface area contributed by atoms with Crippen LogP contribution in [0.15, 0.2) is 51.9 Å². The molecule has 1 saturated heterocycles. The third-order valence-electron chi connectivity index (χ3n) is 6.38. The first kappa shape index (κ1) is 22.7. The first-order valence-electron chi connectivity index (χ1n) is 11.3. The fraction of sp³-hybridized carbons (Fsp3) is 0.375. The molecule has 3 aromatic rings. The van der Waals surface area contributed by atoms with E-state index in [4.69, 9.17) is 4.52 Å². The van der Waals surface area contributed by atoms with Crippen LogP contribution in [0, 0.1) is 18.7 Å². The highest BCUT2D eigenvalue weighted by atomic mass is 32.2. The van der Waals surface area contributed by atoms with E-state index < -0.39 is 10.0 Å². The summed E-state index contributed by atoms with van der Waals surface area (Å²) < 4.78 is 46.6. The minimum absolute atomic E-state index is 0.181. The number of halogens is 1. The van der Waals surface area contributed by atoms with Gasteiger partial charge >= 0.3 is 0 Å². The average molecular weight is 485 g/mol. The second kappa shape index (κ2) is 8.92. The lowest BCUT2D eigenvalue weighted by Gasteiger charge is -2.30. The summed E-state index contributed by atoms with van der Waals surface area (Å²) in [5, 5.41) is 6.72. The lowest BCUT2D eigenvalue weighted by molar-refractivity contribution is -0.120. The van der Waals surface area contributed by atoms with Crippen LogP contribution in [0.5, 0.6) is 0 Å². The molecule has 8 nitrogen and oxygen atoms in total. The molecule has 1 aliphatic carbocycles. The van der Waals surface area contributed by atoms with Gasteiger partial charge in [-0.05, 0) is 74.6 Å². The Morgan fingerprint density at radius 2 is 1.79 bits per heavy atom. The molecule has 1 amide bonds. The SMILES string of the molecule is Cc1ccc(NC(=O)C2CCN(S(=O)(=O)c3ccc(-c4noc(C5CC5)n4)cc3)CC2)cc1F. The summed E-state index contributed by atoms with van der Waals surface area (Å²) in [5.41, 5.74) is 1.59. The van der Waals surface area contributed by atoms with Crippen molar-refractivity contribution in [3.05, 3.63) is 59.7 Å². The molecular formula is C24H25FN4O4S. The number of aromatic nitrogens is 2. The normalized spacial score (nSPS) is 17.6. The summed E-state index contributed by atoms with van der Waals surface area (Å²) in [6, 6.07) is 11.0. The van der Waals surface area contributed by atoms with Crippen molar-refractivity contribution in [2.75, 3.05) is 18.4 Å². The Hall–Kier alpha value is -3.11. The van der Waals surface area contributed by atoms with Gasteiger partial charge in [-0.2, -0.15) is 9.29 Å². The standard InChI is InChI=1S/C24H25FN4O4S/c1-15-2-7-19(14-21(15)25)26-23(30)17-10-12-29(13-11-17)34(31,32)20-8-5-16(6-9-20)22-27-24(33-28-22)18-3-4-18/h2,5-9,14,17-18H,3-4,10-13H2,1H3,(H,26,30). The van der Waals surface area contributed by atoms with E-state index >= 15 is 0 Å². The molecule has 2 heterocycles. The second-order valence-electron chi connectivity index (χ2n) is 8.89. The van der Waals surface area contributed by atoms with Gasteiger partial charge < -0.3 is 9.84 Å². The Bertz CT molecular complexity index is 1310. The lowest BCUT2D eigenvalue weighted by atomic mass is 9.97. The van der Waals surface area contributed by atoms with Crippen molar-refractivity contribution in [1.29, 1.82) is 0 Å². The van der Waals surface area contributed by atoms with Gasteiger partial charge in [0, 0.05) is 36.2 Å². The molecule has 178 valence electrons. The van der Waals surface area contributed by atoms with Gasteiger partial charge in [-0.1, -0.05) is 11.2 Å². The molecule has 10 heteroatoms. The minimum atomic E-state index is -3.69. The molecule has 2 fully saturated rings. The maximum Gasteiger partial charge on any atom is 0.243 e. The molecule has 0 unspecified atom stereocenters. The van der Waals surface area contributed by atoms with Gasteiger partial charge in [0.2, 0.25) is 27.6 Å². The van der Waals surface area contributed by atoms with Crippen LogP contribution in [0.3, 0.4) is 0 Å². The molecule has 0 spiro atoms. The maximum atomic E-state index is 13.7. The van der Waals surface area contributed by atoms with Crippen LogP contribution in [-0.2, 0) is 14.8 Å². The average Bonchev–Trinajstić information content (AvgIpc) is 3.58. The van der Waals surface area contributed by atoms with Crippen LogP contribution in [0.25, 0.3) is 11.4 Å². The van der Waals surface area contributed by atoms with Crippen molar-refractivity contribution in [3.63, 3.8) is 0 Å². The molecule has 0 atom stereocenters. The molecule has 1 aromatic heterocycles. The van der Waals surface area contributed by atoms with Crippen LogP contribution in [0.1, 0.15) is 43.1 Å². The van der Waals surface area contributed by atoms with Crippen LogP contribution < -0.4 is 5.32 Å². The smallest absolute Gasteiger partial charge is 0.243 e. The van der Waals surface area contributed by atoms with Gasteiger partial charge in [0.25, 0.3) is 0 Å². The number of hydrogen-bond acceptors (Lipinski definition) is 6. The van der Waals surface area contributed by atoms with E-state index in [0.717, 1.165) is 12.8 Å². The number of carbonyl (C=O) groups is 1. The van der Waals surface area contributed by atoms with Crippen molar-refractivity contribution in [2.45, 2.75) is 43.4 Å².